The molecule has 2 saturated heterocycles. The van der Waals surface area contributed by atoms with E-state index in [9.17, 15) is 4.79 Å². The number of likely N-dealkylation sites (tertiary alicyclic amines) is 1. The number of pyridine rings is 1. The molecule has 1 aromatic carbocycles. The van der Waals surface area contributed by atoms with Gasteiger partial charge in [-0.15, -0.1) is 0 Å². The average molecular weight is 557 g/mol. The van der Waals surface area contributed by atoms with Gasteiger partial charge in [0, 0.05) is 43.0 Å². The number of nitrogens with one attached hydrogen (secondary N) is 1. The van der Waals surface area contributed by atoms with Gasteiger partial charge < -0.3 is 20.1 Å². The quantitative estimate of drug-likeness (QED) is 0.477. The van der Waals surface area contributed by atoms with Crippen LogP contribution in [0.5, 0.6) is 11.5 Å². The molecule has 1 aliphatic carbocycles. The summed E-state index contributed by atoms with van der Waals surface area (Å²) in [6.07, 6.45) is 8.05. The van der Waals surface area contributed by atoms with E-state index in [2.05, 4.69) is 17.4 Å². The first-order chi connectivity index (χ1) is 19.6. The number of benzene rings is 1. The van der Waals surface area contributed by atoms with Crippen LogP contribution in [0.1, 0.15) is 71.5 Å². The maximum atomic E-state index is 12.7. The molecule has 216 valence electrons. The van der Waals surface area contributed by atoms with Gasteiger partial charge in [-0.25, -0.2) is 15.2 Å². The topological polar surface area (TPSA) is 105 Å². The lowest BCUT2D eigenvalue weighted by Gasteiger charge is -2.49. The fraction of sp³-hybridized carbons (Fsp3) is 0.469. The van der Waals surface area contributed by atoms with Gasteiger partial charge in [0.15, 0.2) is 0 Å². The Labute approximate surface area is 242 Å². The monoisotopic (exact) mass is 556 g/mol. The summed E-state index contributed by atoms with van der Waals surface area (Å²) in [7, 11) is 0. The Morgan fingerprint density at radius 2 is 1.93 bits per heavy atom. The maximum Gasteiger partial charge on any atom is 0.410 e. The molecule has 6 rings (SSSR count). The molecule has 3 aliphatic heterocycles. The minimum absolute atomic E-state index is 0.112. The lowest BCUT2D eigenvalue weighted by Crippen LogP contribution is -2.56. The summed E-state index contributed by atoms with van der Waals surface area (Å²) >= 11 is 0. The SMILES string of the molecule is CCC1=CN=C2C(=C(N)C1)C(c1ccc(Oc3ccccc3)cn1)NN2C1CC2(CCN(C(=O)OC(C)(C)C)C2)C1. The third kappa shape index (κ3) is 5.55. The van der Waals surface area contributed by atoms with E-state index in [0.29, 0.717) is 12.2 Å². The predicted molar refractivity (Wildman–Crippen MR) is 158 cm³/mol. The second kappa shape index (κ2) is 10.5. The second-order valence-electron chi connectivity index (χ2n) is 12.7. The fourth-order valence-electron chi connectivity index (χ4n) is 6.35. The van der Waals surface area contributed by atoms with E-state index in [1.54, 1.807) is 6.20 Å². The van der Waals surface area contributed by atoms with Gasteiger partial charge in [-0.2, -0.15) is 0 Å². The van der Waals surface area contributed by atoms with Gasteiger partial charge in [0.25, 0.3) is 0 Å². The summed E-state index contributed by atoms with van der Waals surface area (Å²) in [6.45, 7) is 9.34. The number of fused-ring (bicyclic) bond motifs is 1. The van der Waals surface area contributed by atoms with Gasteiger partial charge >= 0.3 is 6.09 Å². The highest BCUT2D eigenvalue weighted by molar-refractivity contribution is 6.02. The Morgan fingerprint density at radius 3 is 2.61 bits per heavy atom. The standard InChI is InChI=1S/C32H40N6O3/c1-5-21-15-25(33)27-28(26-12-11-24(19-34-26)40-23-9-7-6-8-10-23)36-38(29(27)35-18-21)22-16-32(17-22)13-14-37(20-32)30(39)41-31(2,3)4/h6-12,18-19,22,28,36H,5,13-17,20,33H2,1-4H3. The molecule has 1 amide bonds. The van der Waals surface area contributed by atoms with E-state index >= 15 is 0 Å². The van der Waals surface area contributed by atoms with Crippen LogP contribution in [-0.4, -0.2) is 51.6 Å². The van der Waals surface area contributed by atoms with Gasteiger partial charge in [-0.3, -0.25) is 9.99 Å². The number of ether oxygens (including phenoxy) is 2. The second-order valence-corrected chi connectivity index (χ2v) is 12.7. The highest BCUT2D eigenvalue weighted by atomic mass is 16.6. The van der Waals surface area contributed by atoms with Crippen molar-refractivity contribution in [3.63, 3.8) is 0 Å². The van der Waals surface area contributed by atoms with E-state index < -0.39 is 5.60 Å². The molecule has 41 heavy (non-hydrogen) atoms. The van der Waals surface area contributed by atoms with E-state index in [4.69, 9.17) is 25.2 Å². The molecule has 9 nitrogen and oxygen atoms in total. The molecule has 0 bridgehead atoms. The van der Waals surface area contributed by atoms with Gasteiger partial charge in [-0.05, 0) is 81.7 Å². The number of amidine groups is 1. The highest BCUT2D eigenvalue weighted by Crippen LogP contribution is 2.52. The van der Waals surface area contributed by atoms with Crippen LogP contribution in [0.15, 0.2) is 76.7 Å². The van der Waals surface area contributed by atoms with Crippen LogP contribution in [0.3, 0.4) is 0 Å². The largest absolute Gasteiger partial charge is 0.456 e. The van der Waals surface area contributed by atoms with Crippen LogP contribution in [-0.2, 0) is 4.74 Å². The fourth-order valence-corrected chi connectivity index (χ4v) is 6.35. The number of allylic oxidation sites excluding steroid dienone is 1. The average Bonchev–Trinajstić information content (AvgIpc) is 3.49. The number of aromatic nitrogens is 1. The summed E-state index contributed by atoms with van der Waals surface area (Å²) in [6, 6.07) is 13.7. The highest BCUT2D eigenvalue weighted by Gasteiger charge is 2.54. The van der Waals surface area contributed by atoms with Crippen molar-refractivity contribution in [3.05, 3.63) is 77.4 Å². The summed E-state index contributed by atoms with van der Waals surface area (Å²) in [5.74, 6) is 2.33. The molecule has 1 atom stereocenters. The maximum absolute atomic E-state index is 12.7. The predicted octanol–water partition coefficient (Wildman–Crippen LogP) is 5.83. The van der Waals surface area contributed by atoms with Crippen LogP contribution < -0.4 is 15.9 Å². The summed E-state index contributed by atoms with van der Waals surface area (Å²) in [5, 5.41) is 2.21. The summed E-state index contributed by atoms with van der Waals surface area (Å²) in [5.41, 5.74) is 14.0. The Bertz CT molecular complexity index is 1390. The number of nitrogens with zero attached hydrogens (tertiary/aromatic N) is 4. The Kier molecular flexibility index (Phi) is 7.01. The number of amides is 1. The molecule has 2 aromatic rings. The van der Waals surface area contributed by atoms with Crippen LogP contribution in [0.2, 0.25) is 0 Å². The Balaban J connectivity index is 1.20. The number of aliphatic imine (C=N–C) groups is 1. The first-order valence-corrected chi connectivity index (χ1v) is 14.6. The molecule has 1 spiro atoms. The first kappa shape index (κ1) is 27.3. The molecule has 9 heteroatoms. The van der Waals surface area contributed by atoms with Crippen LogP contribution in [0, 0.1) is 5.41 Å². The van der Waals surface area contributed by atoms with Crippen molar-refractivity contribution in [2.75, 3.05) is 13.1 Å². The first-order valence-electron chi connectivity index (χ1n) is 14.6. The van der Waals surface area contributed by atoms with Crippen molar-refractivity contribution in [1.29, 1.82) is 0 Å². The molecule has 0 radical (unpaired) electrons. The minimum atomic E-state index is -0.492. The number of carbonyl (C=O) groups excluding carboxylic acids is 1. The number of hydrazine groups is 1. The van der Waals surface area contributed by atoms with Crippen LogP contribution >= 0.6 is 0 Å². The van der Waals surface area contributed by atoms with Crippen molar-refractivity contribution in [1.82, 2.24) is 20.3 Å². The number of hydrogen-bond donors (Lipinski definition) is 2. The molecule has 1 saturated carbocycles. The van der Waals surface area contributed by atoms with Crippen LogP contribution in [0.25, 0.3) is 0 Å². The smallest absolute Gasteiger partial charge is 0.410 e. The molecule has 1 aromatic heterocycles. The Morgan fingerprint density at radius 1 is 1.15 bits per heavy atom. The minimum Gasteiger partial charge on any atom is -0.456 e. The van der Waals surface area contributed by atoms with Crippen molar-refractivity contribution in [3.8, 4) is 11.5 Å². The zero-order chi connectivity index (χ0) is 28.8. The van der Waals surface area contributed by atoms with Crippen molar-refractivity contribution >= 4 is 11.9 Å². The Hall–Kier alpha value is -3.85. The van der Waals surface area contributed by atoms with Gasteiger partial charge in [0.1, 0.15) is 22.9 Å². The number of carbonyl (C=O) groups is 1. The molecule has 4 aliphatic rings. The lowest BCUT2D eigenvalue weighted by molar-refractivity contribution is 0.00712. The van der Waals surface area contributed by atoms with E-state index in [1.165, 1.54) is 5.57 Å². The number of nitrogens with two attached hydrogens (primary N) is 1. The van der Waals surface area contributed by atoms with Crippen molar-refractivity contribution < 1.29 is 14.3 Å². The van der Waals surface area contributed by atoms with E-state index in [1.807, 2.05) is 74.3 Å². The van der Waals surface area contributed by atoms with Crippen molar-refractivity contribution in [2.24, 2.45) is 16.1 Å². The third-order valence-electron chi connectivity index (χ3n) is 8.44. The van der Waals surface area contributed by atoms with Gasteiger partial charge in [0.05, 0.1) is 17.9 Å². The van der Waals surface area contributed by atoms with Gasteiger partial charge in [-0.1, -0.05) is 25.1 Å². The number of para-hydroxylation sites is 1. The number of rotatable bonds is 5. The zero-order valence-corrected chi connectivity index (χ0v) is 24.4. The molecule has 1 unspecified atom stereocenters. The third-order valence-corrected chi connectivity index (χ3v) is 8.44. The summed E-state index contributed by atoms with van der Waals surface area (Å²) in [4.78, 5) is 24.3. The molecule has 3 fully saturated rings. The molecule has 3 N–H and O–H groups in total. The zero-order valence-electron chi connectivity index (χ0n) is 24.4. The van der Waals surface area contributed by atoms with Crippen molar-refractivity contribution in [2.45, 2.75) is 77.5 Å². The van der Waals surface area contributed by atoms with Gasteiger partial charge in [0.2, 0.25) is 0 Å². The summed E-state index contributed by atoms with van der Waals surface area (Å²) < 4.78 is 11.6. The normalized spacial score (nSPS) is 25.9. The van der Waals surface area contributed by atoms with E-state index in [-0.39, 0.29) is 23.6 Å². The molecular formula is C32H40N6O3. The lowest BCUT2D eigenvalue weighted by atomic mass is 9.64. The number of hydrogen-bond acceptors (Lipinski definition) is 8. The van der Waals surface area contributed by atoms with Crippen LogP contribution in [0.4, 0.5) is 4.79 Å². The molecular weight excluding hydrogens is 516 g/mol. The van der Waals surface area contributed by atoms with E-state index in [0.717, 1.165) is 67.3 Å². The molecule has 4 heterocycles.